The van der Waals surface area contributed by atoms with E-state index in [9.17, 15) is 9.59 Å². The van der Waals surface area contributed by atoms with E-state index < -0.39 is 5.97 Å². The molecule has 0 fully saturated rings. The lowest BCUT2D eigenvalue weighted by atomic mass is 10.1. The van der Waals surface area contributed by atoms with Crippen molar-refractivity contribution >= 4 is 45.8 Å². The summed E-state index contributed by atoms with van der Waals surface area (Å²) in [6.45, 7) is 5.10. The number of rotatable bonds is 11. The minimum absolute atomic E-state index is 0.159. The van der Waals surface area contributed by atoms with Crippen molar-refractivity contribution in [3.63, 3.8) is 0 Å². The standard InChI is InChI=1S/C24H27N3O3S2/c1-3-19(4-2)32-21-8-6-5-7-20(21)25-14-16-9-11-17(12-10-16)23(30)27-24-26-18(15-31-24)13-22(28)29/h5-12,15,19,25H,3-4,13-14H2,1-2H3,(H,28,29)(H,26,27,30). The molecular formula is C24H27N3O3S2. The molecule has 0 aliphatic rings. The Hall–Kier alpha value is -2.84. The monoisotopic (exact) mass is 469 g/mol. The summed E-state index contributed by atoms with van der Waals surface area (Å²) in [7, 11) is 0. The molecule has 0 bridgehead atoms. The molecule has 0 unspecified atom stereocenters. The van der Waals surface area contributed by atoms with Crippen LogP contribution in [0.2, 0.25) is 0 Å². The normalized spacial score (nSPS) is 10.8. The van der Waals surface area contributed by atoms with Gasteiger partial charge in [0.1, 0.15) is 0 Å². The van der Waals surface area contributed by atoms with Crippen LogP contribution in [0.5, 0.6) is 0 Å². The highest BCUT2D eigenvalue weighted by molar-refractivity contribution is 8.00. The Morgan fingerprint density at radius 2 is 1.81 bits per heavy atom. The summed E-state index contributed by atoms with van der Waals surface area (Å²) >= 11 is 3.12. The van der Waals surface area contributed by atoms with Gasteiger partial charge in [0.2, 0.25) is 0 Å². The molecule has 3 rings (SSSR count). The van der Waals surface area contributed by atoms with Gasteiger partial charge in [-0.1, -0.05) is 38.1 Å². The summed E-state index contributed by atoms with van der Waals surface area (Å²) in [6, 6.07) is 15.8. The van der Waals surface area contributed by atoms with E-state index in [1.165, 1.54) is 16.2 Å². The first-order valence-corrected chi connectivity index (χ1v) is 12.3. The Labute approximate surface area is 196 Å². The Bertz CT molecular complexity index is 1050. The van der Waals surface area contributed by atoms with Crippen molar-refractivity contribution in [3.05, 3.63) is 70.7 Å². The number of hydrogen-bond donors (Lipinski definition) is 3. The van der Waals surface area contributed by atoms with Crippen LogP contribution in [0, 0.1) is 0 Å². The molecule has 2 aromatic carbocycles. The number of benzene rings is 2. The zero-order valence-electron chi connectivity index (χ0n) is 18.1. The first-order valence-electron chi connectivity index (χ1n) is 10.5. The molecule has 1 heterocycles. The van der Waals surface area contributed by atoms with Gasteiger partial charge in [0, 0.05) is 33.3 Å². The van der Waals surface area contributed by atoms with Crippen LogP contribution in [-0.2, 0) is 17.8 Å². The lowest BCUT2D eigenvalue weighted by Crippen LogP contribution is -2.12. The molecule has 3 aromatic rings. The molecule has 3 N–H and O–H groups in total. The average molecular weight is 470 g/mol. The molecule has 8 heteroatoms. The number of para-hydroxylation sites is 1. The first-order chi connectivity index (χ1) is 15.5. The predicted octanol–water partition coefficient (Wildman–Crippen LogP) is 5.92. The van der Waals surface area contributed by atoms with Crippen LogP contribution in [0.25, 0.3) is 0 Å². The molecule has 1 amide bonds. The second kappa shape index (κ2) is 11.7. The maximum Gasteiger partial charge on any atom is 0.309 e. The van der Waals surface area contributed by atoms with E-state index in [4.69, 9.17) is 5.11 Å². The minimum Gasteiger partial charge on any atom is -0.481 e. The third-order valence-electron chi connectivity index (χ3n) is 4.90. The SMILES string of the molecule is CCC(CC)Sc1ccccc1NCc1ccc(C(=O)Nc2nc(CC(=O)O)cs2)cc1. The van der Waals surface area contributed by atoms with Gasteiger partial charge in [0.15, 0.2) is 5.13 Å². The summed E-state index contributed by atoms with van der Waals surface area (Å²) in [4.78, 5) is 28.6. The zero-order valence-corrected chi connectivity index (χ0v) is 19.8. The van der Waals surface area contributed by atoms with E-state index in [2.05, 4.69) is 47.7 Å². The van der Waals surface area contributed by atoms with E-state index >= 15 is 0 Å². The predicted molar refractivity (Wildman–Crippen MR) is 132 cm³/mol. The number of aromatic nitrogens is 1. The number of thiazole rings is 1. The van der Waals surface area contributed by atoms with E-state index in [1.807, 2.05) is 30.0 Å². The Kier molecular flexibility index (Phi) is 8.70. The van der Waals surface area contributed by atoms with Gasteiger partial charge in [0.05, 0.1) is 12.1 Å². The number of carboxylic acid groups (broad SMARTS) is 1. The van der Waals surface area contributed by atoms with Crippen LogP contribution in [0.4, 0.5) is 10.8 Å². The summed E-state index contributed by atoms with van der Waals surface area (Å²) in [5.74, 6) is -1.22. The van der Waals surface area contributed by atoms with Crippen molar-refractivity contribution in [2.24, 2.45) is 0 Å². The van der Waals surface area contributed by atoms with Crippen molar-refractivity contribution in [2.75, 3.05) is 10.6 Å². The fourth-order valence-electron chi connectivity index (χ4n) is 3.09. The second-order valence-corrected chi connectivity index (χ2v) is 9.47. The first kappa shape index (κ1) is 23.8. The Balaban J connectivity index is 1.58. The Morgan fingerprint density at radius 1 is 1.09 bits per heavy atom. The number of aliphatic carboxylic acids is 1. The second-order valence-electron chi connectivity index (χ2n) is 7.27. The van der Waals surface area contributed by atoms with Gasteiger partial charge >= 0.3 is 5.97 Å². The fraction of sp³-hybridized carbons (Fsp3) is 0.292. The largest absolute Gasteiger partial charge is 0.481 e. The van der Waals surface area contributed by atoms with Gasteiger partial charge in [-0.15, -0.1) is 23.1 Å². The number of carbonyl (C=O) groups is 2. The van der Waals surface area contributed by atoms with E-state index in [0.717, 1.165) is 24.1 Å². The zero-order chi connectivity index (χ0) is 22.9. The van der Waals surface area contributed by atoms with Gasteiger partial charge in [-0.25, -0.2) is 4.98 Å². The van der Waals surface area contributed by atoms with Crippen LogP contribution < -0.4 is 10.6 Å². The quantitative estimate of drug-likeness (QED) is 0.302. The molecule has 0 spiro atoms. The smallest absolute Gasteiger partial charge is 0.309 e. The molecule has 0 saturated heterocycles. The summed E-state index contributed by atoms with van der Waals surface area (Å²) in [5, 5.41) is 17.7. The van der Waals surface area contributed by atoms with E-state index in [-0.39, 0.29) is 12.3 Å². The number of carbonyl (C=O) groups excluding carboxylic acids is 1. The number of nitrogens with one attached hydrogen (secondary N) is 2. The van der Waals surface area contributed by atoms with Crippen LogP contribution >= 0.6 is 23.1 Å². The molecule has 32 heavy (non-hydrogen) atoms. The minimum atomic E-state index is -0.950. The molecular weight excluding hydrogens is 442 g/mol. The van der Waals surface area contributed by atoms with Crippen molar-refractivity contribution < 1.29 is 14.7 Å². The van der Waals surface area contributed by atoms with Crippen molar-refractivity contribution in [1.82, 2.24) is 4.98 Å². The maximum atomic E-state index is 12.5. The van der Waals surface area contributed by atoms with Gasteiger partial charge in [0.25, 0.3) is 5.91 Å². The van der Waals surface area contributed by atoms with E-state index in [0.29, 0.717) is 28.2 Å². The molecule has 0 aliphatic carbocycles. The van der Waals surface area contributed by atoms with Crippen molar-refractivity contribution in [1.29, 1.82) is 0 Å². The number of hydrogen-bond acceptors (Lipinski definition) is 6. The third kappa shape index (κ3) is 6.83. The highest BCUT2D eigenvalue weighted by Gasteiger charge is 2.12. The molecule has 6 nitrogen and oxygen atoms in total. The molecule has 0 aliphatic heterocycles. The van der Waals surface area contributed by atoms with Crippen LogP contribution in [-0.4, -0.2) is 27.2 Å². The molecule has 0 saturated carbocycles. The van der Waals surface area contributed by atoms with Gasteiger partial charge in [-0.2, -0.15) is 0 Å². The van der Waals surface area contributed by atoms with Gasteiger partial charge in [-0.05, 0) is 42.7 Å². The maximum absolute atomic E-state index is 12.5. The topological polar surface area (TPSA) is 91.3 Å². The Morgan fingerprint density at radius 3 is 2.50 bits per heavy atom. The fourth-order valence-corrected chi connectivity index (χ4v) is 4.91. The van der Waals surface area contributed by atoms with Gasteiger partial charge < -0.3 is 10.4 Å². The average Bonchev–Trinajstić information content (AvgIpc) is 3.22. The molecule has 0 atom stereocenters. The molecule has 168 valence electrons. The molecule has 0 radical (unpaired) electrons. The van der Waals surface area contributed by atoms with Crippen LogP contribution in [0.1, 0.15) is 48.3 Å². The highest BCUT2D eigenvalue weighted by Crippen LogP contribution is 2.33. The third-order valence-corrected chi connectivity index (χ3v) is 7.31. The lowest BCUT2D eigenvalue weighted by Gasteiger charge is -2.16. The molecule has 1 aromatic heterocycles. The van der Waals surface area contributed by atoms with E-state index in [1.54, 1.807) is 17.5 Å². The highest BCUT2D eigenvalue weighted by atomic mass is 32.2. The number of thioether (sulfide) groups is 1. The summed E-state index contributed by atoms with van der Waals surface area (Å²) in [6.07, 6.45) is 2.12. The number of carboxylic acids is 1. The summed E-state index contributed by atoms with van der Waals surface area (Å²) in [5.41, 5.74) is 3.14. The lowest BCUT2D eigenvalue weighted by molar-refractivity contribution is -0.136. The van der Waals surface area contributed by atoms with Crippen molar-refractivity contribution in [2.45, 2.75) is 49.8 Å². The van der Waals surface area contributed by atoms with Crippen LogP contribution in [0.3, 0.4) is 0 Å². The number of anilines is 2. The summed E-state index contributed by atoms with van der Waals surface area (Å²) < 4.78 is 0. The van der Waals surface area contributed by atoms with Crippen molar-refractivity contribution in [3.8, 4) is 0 Å². The number of nitrogens with zero attached hydrogens (tertiary/aromatic N) is 1. The van der Waals surface area contributed by atoms with Gasteiger partial charge in [-0.3, -0.25) is 14.9 Å². The van der Waals surface area contributed by atoms with Crippen LogP contribution in [0.15, 0.2) is 58.8 Å². The number of amides is 1.